The van der Waals surface area contributed by atoms with Gasteiger partial charge in [-0.25, -0.2) is 0 Å². The van der Waals surface area contributed by atoms with Gasteiger partial charge in [-0.3, -0.25) is 4.79 Å². The summed E-state index contributed by atoms with van der Waals surface area (Å²) < 4.78 is 10.5. The van der Waals surface area contributed by atoms with E-state index >= 15 is 0 Å². The van der Waals surface area contributed by atoms with Crippen molar-refractivity contribution < 1.29 is 14.1 Å². The summed E-state index contributed by atoms with van der Waals surface area (Å²) in [7, 11) is 1.58. The Bertz CT molecular complexity index is 898. The van der Waals surface area contributed by atoms with Gasteiger partial charge in [-0.15, -0.1) is 11.3 Å². The minimum Gasteiger partial charge on any atom is -0.497 e. The minimum absolute atomic E-state index is 0.136. The molecule has 1 saturated carbocycles. The number of amides is 1. The molecular weight excluding hydrogens is 338 g/mol. The molecular formula is C18H17N3O3S. The number of nitrogens with one attached hydrogen (secondary N) is 1. The van der Waals surface area contributed by atoms with E-state index in [2.05, 4.69) is 15.5 Å². The second kappa shape index (κ2) is 6.68. The number of rotatable bonds is 6. The minimum atomic E-state index is -0.136. The monoisotopic (exact) mass is 355 g/mol. The lowest BCUT2D eigenvalue weighted by atomic mass is 10.2. The summed E-state index contributed by atoms with van der Waals surface area (Å²) in [4.78, 5) is 18.6. The number of carbonyl (C=O) groups is 1. The fourth-order valence-corrected chi connectivity index (χ4v) is 3.33. The molecule has 1 N–H and O–H groups in total. The van der Waals surface area contributed by atoms with Crippen molar-refractivity contribution in [3.8, 4) is 16.5 Å². The number of nitrogens with zero attached hydrogens (tertiary/aromatic N) is 2. The second-order valence-electron chi connectivity index (χ2n) is 5.91. The molecule has 0 unspecified atom stereocenters. The van der Waals surface area contributed by atoms with Crippen LogP contribution >= 0.6 is 11.3 Å². The van der Waals surface area contributed by atoms with Crippen molar-refractivity contribution in [3.63, 3.8) is 0 Å². The third kappa shape index (κ3) is 3.56. The van der Waals surface area contributed by atoms with Gasteiger partial charge in [0.15, 0.2) is 5.82 Å². The Balaban J connectivity index is 1.39. The van der Waals surface area contributed by atoms with Gasteiger partial charge in [0, 0.05) is 16.4 Å². The van der Waals surface area contributed by atoms with E-state index in [4.69, 9.17) is 9.26 Å². The molecule has 1 amide bonds. The maximum atomic E-state index is 12.2. The Morgan fingerprint density at radius 1 is 1.36 bits per heavy atom. The number of hydrogen-bond acceptors (Lipinski definition) is 6. The highest BCUT2D eigenvalue weighted by molar-refractivity contribution is 7.15. The third-order valence-corrected chi connectivity index (χ3v) is 5.09. The van der Waals surface area contributed by atoms with Crippen LogP contribution < -0.4 is 10.1 Å². The van der Waals surface area contributed by atoms with Crippen LogP contribution in [0.4, 0.5) is 0 Å². The Hall–Kier alpha value is -2.67. The standard InChI is InChI=1S/C18H17N3O3S/c1-23-13-4-2-3-12(9-13)17(22)19-10-14-7-8-15(25-14)18-20-16(21-24-18)11-5-6-11/h2-4,7-9,11H,5-6,10H2,1H3,(H,19,22). The van der Waals surface area contributed by atoms with Crippen LogP contribution in [0.3, 0.4) is 0 Å². The molecule has 4 rings (SSSR count). The lowest BCUT2D eigenvalue weighted by Crippen LogP contribution is -2.22. The van der Waals surface area contributed by atoms with Crippen molar-refractivity contribution in [1.29, 1.82) is 0 Å². The van der Waals surface area contributed by atoms with Crippen LogP contribution in [0.5, 0.6) is 5.75 Å². The van der Waals surface area contributed by atoms with E-state index in [9.17, 15) is 4.79 Å². The Morgan fingerprint density at radius 2 is 2.24 bits per heavy atom. The average Bonchev–Trinajstić information content (AvgIpc) is 3.19. The van der Waals surface area contributed by atoms with Gasteiger partial charge in [0.1, 0.15) is 5.75 Å². The summed E-state index contributed by atoms with van der Waals surface area (Å²) in [5, 5.41) is 6.95. The molecule has 1 aromatic carbocycles. The van der Waals surface area contributed by atoms with Crippen LogP contribution in [0, 0.1) is 0 Å². The molecule has 1 aliphatic carbocycles. The highest BCUT2D eigenvalue weighted by Crippen LogP contribution is 2.39. The van der Waals surface area contributed by atoms with Crippen LogP contribution in [0.2, 0.25) is 0 Å². The van der Waals surface area contributed by atoms with Gasteiger partial charge in [0.25, 0.3) is 11.8 Å². The molecule has 0 bridgehead atoms. The topological polar surface area (TPSA) is 77.2 Å². The molecule has 0 spiro atoms. The first-order chi connectivity index (χ1) is 12.2. The lowest BCUT2D eigenvalue weighted by Gasteiger charge is -2.05. The number of hydrogen-bond donors (Lipinski definition) is 1. The highest BCUT2D eigenvalue weighted by Gasteiger charge is 2.29. The SMILES string of the molecule is COc1cccc(C(=O)NCc2ccc(-c3nc(C4CC4)no3)s2)c1. The number of benzene rings is 1. The van der Waals surface area contributed by atoms with E-state index < -0.39 is 0 Å². The van der Waals surface area contributed by atoms with Gasteiger partial charge in [-0.05, 0) is 43.2 Å². The molecule has 2 heterocycles. The van der Waals surface area contributed by atoms with Gasteiger partial charge in [-0.2, -0.15) is 4.98 Å². The molecule has 0 radical (unpaired) electrons. The van der Waals surface area contributed by atoms with E-state index in [1.54, 1.807) is 36.6 Å². The van der Waals surface area contributed by atoms with Crippen LogP contribution in [0.15, 0.2) is 40.9 Å². The maximum absolute atomic E-state index is 12.2. The Morgan fingerprint density at radius 3 is 3.04 bits per heavy atom. The predicted molar refractivity (Wildman–Crippen MR) is 93.8 cm³/mol. The maximum Gasteiger partial charge on any atom is 0.268 e. The molecule has 128 valence electrons. The summed E-state index contributed by atoms with van der Waals surface area (Å²) >= 11 is 1.54. The highest BCUT2D eigenvalue weighted by atomic mass is 32.1. The molecule has 1 fully saturated rings. The van der Waals surface area contributed by atoms with Crippen LogP contribution in [0.1, 0.15) is 39.8 Å². The summed E-state index contributed by atoms with van der Waals surface area (Å²) in [5.41, 5.74) is 0.571. The zero-order valence-electron chi connectivity index (χ0n) is 13.7. The molecule has 3 aromatic rings. The van der Waals surface area contributed by atoms with Gasteiger partial charge >= 0.3 is 0 Å². The summed E-state index contributed by atoms with van der Waals surface area (Å²) in [5.74, 6) is 2.35. The van der Waals surface area contributed by atoms with Crippen molar-refractivity contribution in [2.24, 2.45) is 0 Å². The quantitative estimate of drug-likeness (QED) is 0.731. The van der Waals surface area contributed by atoms with E-state index in [-0.39, 0.29) is 5.91 Å². The molecule has 6 nitrogen and oxygen atoms in total. The zero-order chi connectivity index (χ0) is 17.2. The van der Waals surface area contributed by atoms with Gasteiger partial charge < -0.3 is 14.6 Å². The van der Waals surface area contributed by atoms with E-state index in [1.807, 2.05) is 18.2 Å². The fraction of sp³-hybridized carbons (Fsp3) is 0.278. The van der Waals surface area contributed by atoms with Gasteiger partial charge in [-0.1, -0.05) is 11.2 Å². The zero-order valence-corrected chi connectivity index (χ0v) is 14.5. The Labute approximate surface area is 148 Å². The Kier molecular flexibility index (Phi) is 4.23. The summed E-state index contributed by atoms with van der Waals surface area (Å²) in [6.07, 6.45) is 2.29. The lowest BCUT2D eigenvalue weighted by molar-refractivity contribution is 0.0951. The molecule has 2 aromatic heterocycles. The molecule has 0 saturated heterocycles. The van der Waals surface area contributed by atoms with E-state index in [0.29, 0.717) is 29.7 Å². The first kappa shape index (κ1) is 15.8. The number of methoxy groups -OCH3 is 1. The number of ether oxygens (including phenoxy) is 1. The van der Waals surface area contributed by atoms with Crippen molar-refractivity contribution in [2.45, 2.75) is 25.3 Å². The van der Waals surface area contributed by atoms with Crippen molar-refractivity contribution in [1.82, 2.24) is 15.5 Å². The van der Waals surface area contributed by atoms with Crippen LogP contribution in [-0.2, 0) is 6.54 Å². The third-order valence-electron chi connectivity index (χ3n) is 4.01. The largest absolute Gasteiger partial charge is 0.497 e. The molecule has 1 aliphatic rings. The van der Waals surface area contributed by atoms with Crippen molar-refractivity contribution >= 4 is 17.2 Å². The predicted octanol–water partition coefficient (Wildman–Crippen LogP) is 3.61. The van der Waals surface area contributed by atoms with Gasteiger partial charge in [0.2, 0.25) is 0 Å². The van der Waals surface area contributed by atoms with Crippen LogP contribution in [-0.4, -0.2) is 23.2 Å². The number of thiophene rings is 1. The van der Waals surface area contributed by atoms with Crippen molar-refractivity contribution in [3.05, 3.63) is 52.7 Å². The first-order valence-electron chi connectivity index (χ1n) is 8.08. The molecule has 0 aliphatic heterocycles. The van der Waals surface area contributed by atoms with Crippen LogP contribution in [0.25, 0.3) is 10.8 Å². The normalized spacial score (nSPS) is 13.6. The fourth-order valence-electron chi connectivity index (χ4n) is 2.46. The molecule has 7 heteroatoms. The van der Waals surface area contributed by atoms with Gasteiger partial charge in [0.05, 0.1) is 18.5 Å². The average molecular weight is 355 g/mol. The summed E-state index contributed by atoms with van der Waals surface area (Å²) in [6, 6.07) is 11.0. The van der Waals surface area contributed by atoms with Crippen molar-refractivity contribution in [2.75, 3.05) is 7.11 Å². The smallest absolute Gasteiger partial charge is 0.268 e. The first-order valence-corrected chi connectivity index (χ1v) is 8.89. The molecule has 0 atom stereocenters. The second-order valence-corrected chi connectivity index (χ2v) is 7.08. The summed E-state index contributed by atoms with van der Waals surface area (Å²) in [6.45, 7) is 0.449. The molecule has 25 heavy (non-hydrogen) atoms. The number of carbonyl (C=O) groups excluding carboxylic acids is 1. The number of aromatic nitrogens is 2. The van der Waals surface area contributed by atoms with E-state index in [0.717, 1.165) is 28.4 Å². The van der Waals surface area contributed by atoms with E-state index in [1.165, 1.54) is 0 Å².